The first kappa shape index (κ1) is 17.0. The maximum atomic E-state index is 11.9. The van der Waals surface area contributed by atoms with E-state index in [9.17, 15) is 4.79 Å². The van der Waals surface area contributed by atoms with Crippen molar-refractivity contribution in [3.63, 3.8) is 0 Å². The molecule has 4 N–H and O–H groups in total. The molecule has 23 heavy (non-hydrogen) atoms. The van der Waals surface area contributed by atoms with Crippen molar-refractivity contribution in [1.29, 1.82) is 0 Å². The molecule has 0 fully saturated rings. The fraction of sp³-hybridized carbons (Fsp3) is 0.176. The third-order valence-corrected chi connectivity index (χ3v) is 3.64. The van der Waals surface area contributed by atoms with Crippen LogP contribution in [0.1, 0.15) is 15.9 Å². The van der Waals surface area contributed by atoms with E-state index < -0.39 is 0 Å². The smallest absolute Gasteiger partial charge is 0.251 e. The van der Waals surface area contributed by atoms with E-state index in [0.717, 1.165) is 10.2 Å². The number of rotatable bonds is 5. The molecule has 0 aliphatic rings. The molecule has 0 spiro atoms. The van der Waals surface area contributed by atoms with E-state index >= 15 is 0 Å². The molecular formula is C17H19BrN4O. The standard InChI is InChI=1S/C17H19BrN4O/c1-12-2-8-15(9-3-12)22-17(19)21-11-10-20-16(23)13-4-6-14(18)7-5-13/h2-9H,10-11H2,1H3,(H,20,23)(H3,19,21,22). The molecule has 1 amide bonds. The van der Waals surface area contributed by atoms with Gasteiger partial charge < -0.3 is 16.4 Å². The van der Waals surface area contributed by atoms with Crippen LogP contribution in [0.5, 0.6) is 0 Å². The number of benzene rings is 2. The van der Waals surface area contributed by atoms with Crippen molar-refractivity contribution >= 4 is 33.5 Å². The van der Waals surface area contributed by atoms with Crippen LogP contribution in [0.4, 0.5) is 5.69 Å². The number of hydrogen-bond donors (Lipinski definition) is 3. The second kappa shape index (κ2) is 8.33. The summed E-state index contributed by atoms with van der Waals surface area (Å²) < 4.78 is 0.939. The Kier molecular flexibility index (Phi) is 6.17. The van der Waals surface area contributed by atoms with Crippen molar-refractivity contribution in [2.45, 2.75) is 6.92 Å². The number of amides is 1. The minimum Gasteiger partial charge on any atom is -0.370 e. The zero-order chi connectivity index (χ0) is 16.7. The molecule has 6 heteroatoms. The highest BCUT2D eigenvalue weighted by Crippen LogP contribution is 2.10. The Labute approximate surface area is 144 Å². The van der Waals surface area contributed by atoms with Crippen LogP contribution < -0.4 is 16.4 Å². The molecule has 5 nitrogen and oxygen atoms in total. The van der Waals surface area contributed by atoms with Crippen molar-refractivity contribution in [3.05, 3.63) is 64.1 Å². The van der Waals surface area contributed by atoms with Crippen LogP contribution in [0.3, 0.4) is 0 Å². The van der Waals surface area contributed by atoms with Crippen LogP contribution in [0, 0.1) is 6.92 Å². The molecule has 120 valence electrons. The summed E-state index contributed by atoms with van der Waals surface area (Å²) in [5.74, 6) is 0.199. The van der Waals surface area contributed by atoms with E-state index in [1.54, 1.807) is 12.1 Å². The second-order valence-corrected chi connectivity index (χ2v) is 5.94. The maximum absolute atomic E-state index is 11.9. The number of aryl methyl sites for hydroxylation is 1. The van der Waals surface area contributed by atoms with Gasteiger partial charge in [-0.1, -0.05) is 33.6 Å². The number of aliphatic imine (C=N–C) groups is 1. The topological polar surface area (TPSA) is 79.5 Å². The molecule has 0 unspecified atom stereocenters. The average Bonchev–Trinajstić information content (AvgIpc) is 2.54. The van der Waals surface area contributed by atoms with E-state index in [4.69, 9.17) is 5.73 Å². The largest absolute Gasteiger partial charge is 0.370 e. The number of carbonyl (C=O) groups is 1. The summed E-state index contributed by atoms with van der Waals surface area (Å²) in [6.07, 6.45) is 0. The molecule has 0 aliphatic heterocycles. The molecule has 0 aliphatic carbocycles. The lowest BCUT2D eigenvalue weighted by Crippen LogP contribution is -2.28. The molecule has 2 aromatic rings. The van der Waals surface area contributed by atoms with E-state index in [2.05, 4.69) is 31.6 Å². The molecule has 2 aromatic carbocycles. The lowest BCUT2D eigenvalue weighted by atomic mass is 10.2. The van der Waals surface area contributed by atoms with Gasteiger partial charge >= 0.3 is 0 Å². The zero-order valence-electron chi connectivity index (χ0n) is 12.8. The quantitative estimate of drug-likeness (QED) is 0.427. The Morgan fingerprint density at radius 2 is 1.78 bits per heavy atom. The predicted molar refractivity (Wildman–Crippen MR) is 97.8 cm³/mol. The maximum Gasteiger partial charge on any atom is 0.251 e. The Morgan fingerprint density at radius 3 is 2.43 bits per heavy atom. The van der Waals surface area contributed by atoms with Crippen LogP contribution in [0.25, 0.3) is 0 Å². The number of anilines is 1. The van der Waals surface area contributed by atoms with Gasteiger partial charge in [-0.3, -0.25) is 9.79 Å². The summed E-state index contributed by atoms with van der Waals surface area (Å²) in [4.78, 5) is 16.1. The van der Waals surface area contributed by atoms with E-state index in [-0.39, 0.29) is 5.91 Å². The van der Waals surface area contributed by atoms with Crippen LogP contribution >= 0.6 is 15.9 Å². The number of hydrogen-bond acceptors (Lipinski definition) is 2. The molecule has 0 radical (unpaired) electrons. The Hall–Kier alpha value is -2.34. The van der Waals surface area contributed by atoms with Crippen LogP contribution in [0.15, 0.2) is 58.0 Å². The summed E-state index contributed by atoms with van der Waals surface area (Å²) in [5.41, 5.74) is 8.49. The van der Waals surface area contributed by atoms with E-state index in [1.165, 1.54) is 5.56 Å². The predicted octanol–water partition coefficient (Wildman–Crippen LogP) is 2.91. The summed E-state index contributed by atoms with van der Waals surface area (Å²) in [5, 5.41) is 5.81. The molecule has 2 rings (SSSR count). The summed E-state index contributed by atoms with van der Waals surface area (Å²) in [6, 6.07) is 15.0. The van der Waals surface area contributed by atoms with Crippen LogP contribution in [-0.2, 0) is 0 Å². The Morgan fingerprint density at radius 1 is 1.13 bits per heavy atom. The van der Waals surface area contributed by atoms with E-state index in [1.807, 2.05) is 43.3 Å². The highest BCUT2D eigenvalue weighted by Gasteiger charge is 2.03. The van der Waals surface area contributed by atoms with Gasteiger partial charge in [0.1, 0.15) is 0 Å². The molecular weight excluding hydrogens is 356 g/mol. The third-order valence-electron chi connectivity index (χ3n) is 3.11. The average molecular weight is 375 g/mol. The van der Waals surface area contributed by atoms with Crippen molar-refractivity contribution in [3.8, 4) is 0 Å². The van der Waals surface area contributed by atoms with Crippen molar-refractivity contribution in [1.82, 2.24) is 5.32 Å². The summed E-state index contributed by atoms with van der Waals surface area (Å²) in [6.45, 7) is 2.85. The number of carbonyl (C=O) groups excluding carboxylic acids is 1. The monoisotopic (exact) mass is 374 g/mol. The molecule has 0 bridgehead atoms. The number of nitrogens with one attached hydrogen (secondary N) is 2. The normalized spacial score (nSPS) is 11.1. The number of nitrogens with two attached hydrogens (primary N) is 1. The molecule has 0 atom stereocenters. The van der Waals surface area contributed by atoms with Crippen molar-refractivity contribution in [2.24, 2.45) is 10.7 Å². The molecule has 0 saturated carbocycles. The van der Waals surface area contributed by atoms with Gasteiger partial charge in [0.2, 0.25) is 0 Å². The fourth-order valence-electron chi connectivity index (χ4n) is 1.87. The van der Waals surface area contributed by atoms with Gasteiger partial charge in [0.05, 0.1) is 6.54 Å². The van der Waals surface area contributed by atoms with Gasteiger partial charge in [0.25, 0.3) is 5.91 Å². The lowest BCUT2D eigenvalue weighted by Gasteiger charge is -2.07. The third kappa shape index (κ3) is 5.75. The molecule has 0 heterocycles. The van der Waals surface area contributed by atoms with Gasteiger partial charge in [0, 0.05) is 22.3 Å². The number of nitrogens with zero attached hydrogens (tertiary/aromatic N) is 1. The van der Waals surface area contributed by atoms with Gasteiger partial charge in [-0.25, -0.2) is 0 Å². The minimum atomic E-state index is -0.127. The van der Waals surface area contributed by atoms with Crippen molar-refractivity contribution in [2.75, 3.05) is 18.4 Å². The summed E-state index contributed by atoms with van der Waals surface area (Å²) in [7, 11) is 0. The van der Waals surface area contributed by atoms with Gasteiger partial charge in [0.15, 0.2) is 5.96 Å². The molecule has 0 aromatic heterocycles. The first-order chi connectivity index (χ1) is 11.0. The Balaban J connectivity index is 1.76. The van der Waals surface area contributed by atoms with Crippen molar-refractivity contribution < 1.29 is 4.79 Å². The van der Waals surface area contributed by atoms with Gasteiger partial charge in [-0.15, -0.1) is 0 Å². The first-order valence-corrected chi connectivity index (χ1v) is 8.01. The first-order valence-electron chi connectivity index (χ1n) is 7.22. The summed E-state index contributed by atoms with van der Waals surface area (Å²) >= 11 is 3.34. The Bertz CT molecular complexity index is 681. The van der Waals surface area contributed by atoms with Gasteiger partial charge in [-0.2, -0.15) is 0 Å². The van der Waals surface area contributed by atoms with E-state index in [0.29, 0.717) is 24.6 Å². The van der Waals surface area contributed by atoms with Crippen LogP contribution in [-0.4, -0.2) is 25.0 Å². The number of guanidine groups is 1. The highest BCUT2D eigenvalue weighted by molar-refractivity contribution is 9.10. The zero-order valence-corrected chi connectivity index (χ0v) is 14.4. The second-order valence-electron chi connectivity index (χ2n) is 5.02. The lowest BCUT2D eigenvalue weighted by molar-refractivity contribution is 0.0955. The fourth-order valence-corrected chi connectivity index (χ4v) is 2.14. The van der Waals surface area contributed by atoms with Gasteiger partial charge in [-0.05, 0) is 43.3 Å². The SMILES string of the molecule is Cc1ccc(NC(N)=NCCNC(=O)c2ccc(Br)cc2)cc1. The molecule has 0 saturated heterocycles. The highest BCUT2D eigenvalue weighted by atomic mass is 79.9. The minimum absolute atomic E-state index is 0.127. The number of halogens is 1. The van der Waals surface area contributed by atoms with Crippen LogP contribution in [0.2, 0.25) is 0 Å².